The molecule has 1 atom stereocenters. The van der Waals surface area contributed by atoms with Gasteiger partial charge in [-0.05, 0) is 50.5 Å². The molecule has 7 heteroatoms. The molecule has 24 heavy (non-hydrogen) atoms. The second kappa shape index (κ2) is 7.34. The third kappa shape index (κ3) is 3.61. The molecule has 3 N–H and O–H groups in total. The van der Waals surface area contributed by atoms with Crippen molar-refractivity contribution in [2.45, 2.75) is 57.9 Å². The molecule has 1 aromatic heterocycles. The molecule has 2 aliphatic rings. The van der Waals surface area contributed by atoms with E-state index in [1.54, 1.807) is 0 Å². The number of thiophene rings is 1. The molecule has 0 spiro atoms. The van der Waals surface area contributed by atoms with Crippen molar-refractivity contribution >= 4 is 34.1 Å². The van der Waals surface area contributed by atoms with Crippen molar-refractivity contribution in [3.05, 3.63) is 16.0 Å². The zero-order valence-electron chi connectivity index (χ0n) is 13.9. The third-order valence-corrected chi connectivity index (χ3v) is 5.74. The summed E-state index contributed by atoms with van der Waals surface area (Å²) in [5.41, 5.74) is 1.60. The Morgan fingerprint density at radius 3 is 2.75 bits per heavy atom. The molecular formula is C17H23N3O3S. The molecule has 6 nitrogen and oxygen atoms in total. The summed E-state index contributed by atoms with van der Waals surface area (Å²) in [6, 6.07) is -0.496. The topological polar surface area (TPSA) is 87.3 Å². The van der Waals surface area contributed by atoms with Gasteiger partial charge in [-0.25, -0.2) is 0 Å². The predicted octanol–water partition coefficient (Wildman–Crippen LogP) is 1.98. The summed E-state index contributed by atoms with van der Waals surface area (Å²) in [4.78, 5) is 37.6. The number of fused-ring (bicyclic) bond motifs is 1. The molecule has 1 aliphatic carbocycles. The van der Waals surface area contributed by atoms with Gasteiger partial charge in [0, 0.05) is 18.3 Å². The van der Waals surface area contributed by atoms with E-state index in [0.717, 1.165) is 44.1 Å². The number of anilines is 1. The van der Waals surface area contributed by atoms with Gasteiger partial charge in [0.15, 0.2) is 0 Å². The Hall–Kier alpha value is -1.89. The van der Waals surface area contributed by atoms with Crippen molar-refractivity contribution in [1.29, 1.82) is 0 Å². The van der Waals surface area contributed by atoms with Gasteiger partial charge in [-0.3, -0.25) is 14.4 Å². The second-order valence-electron chi connectivity index (χ2n) is 6.41. The molecule has 130 valence electrons. The molecule has 3 amide bonds. The van der Waals surface area contributed by atoms with Crippen LogP contribution in [0.15, 0.2) is 0 Å². The average Bonchev–Trinajstić information content (AvgIpc) is 2.77. The minimum atomic E-state index is -0.496. The van der Waals surface area contributed by atoms with Crippen molar-refractivity contribution in [3.63, 3.8) is 0 Å². The summed E-state index contributed by atoms with van der Waals surface area (Å²) >= 11 is 1.49. The molecule has 0 radical (unpaired) electrons. The smallest absolute Gasteiger partial charge is 0.255 e. The Morgan fingerprint density at radius 2 is 1.96 bits per heavy atom. The summed E-state index contributed by atoms with van der Waals surface area (Å²) in [6.07, 6.45) is 6.45. The van der Waals surface area contributed by atoms with Gasteiger partial charge in [0.1, 0.15) is 11.0 Å². The Balaban J connectivity index is 1.86. The van der Waals surface area contributed by atoms with Gasteiger partial charge in [0.05, 0.1) is 5.56 Å². The van der Waals surface area contributed by atoms with Crippen LogP contribution in [0.2, 0.25) is 0 Å². The zero-order valence-corrected chi connectivity index (χ0v) is 14.7. The van der Waals surface area contributed by atoms with E-state index in [1.165, 1.54) is 23.1 Å². The normalized spacial score (nSPS) is 20.5. The second-order valence-corrected chi connectivity index (χ2v) is 7.51. The van der Waals surface area contributed by atoms with Crippen LogP contribution >= 0.6 is 11.3 Å². The first kappa shape index (κ1) is 17.0. The fraction of sp³-hybridized carbons (Fsp3) is 0.588. The number of hydrogen-bond donors (Lipinski definition) is 3. The quantitative estimate of drug-likeness (QED) is 0.780. The predicted molar refractivity (Wildman–Crippen MR) is 93.4 cm³/mol. The van der Waals surface area contributed by atoms with Gasteiger partial charge in [0.25, 0.3) is 5.91 Å². The molecule has 2 heterocycles. The maximum Gasteiger partial charge on any atom is 0.255 e. The molecule has 1 aliphatic heterocycles. The third-order valence-electron chi connectivity index (χ3n) is 4.53. The number of nitrogens with one attached hydrogen (secondary N) is 3. The van der Waals surface area contributed by atoms with Crippen LogP contribution in [-0.4, -0.2) is 30.3 Å². The van der Waals surface area contributed by atoms with E-state index >= 15 is 0 Å². The number of rotatable bonds is 3. The van der Waals surface area contributed by atoms with Crippen LogP contribution < -0.4 is 16.0 Å². The molecule has 0 bridgehead atoms. The average molecular weight is 349 g/mol. The van der Waals surface area contributed by atoms with Gasteiger partial charge in [-0.1, -0.05) is 0 Å². The molecule has 3 rings (SSSR count). The molecule has 1 unspecified atom stereocenters. The fourth-order valence-corrected chi connectivity index (χ4v) is 4.69. The van der Waals surface area contributed by atoms with Crippen LogP contribution in [0.25, 0.3) is 0 Å². The minimum Gasteiger partial charge on any atom is -0.354 e. The first-order chi connectivity index (χ1) is 11.6. The monoisotopic (exact) mass is 349 g/mol. The van der Waals surface area contributed by atoms with Crippen molar-refractivity contribution in [1.82, 2.24) is 10.6 Å². The highest BCUT2D eigenvalue weighted by molar-refractivity contribution is 7.17. The molecule has 1 fully saturated rings. The minimum absolute atomic E-state index is 0.119. The zero-order chi connectivity index (χ0) is 17.1. The summed E-state index contributed by atoms with van der Waals surface area (Å²) < 4.78 is 0. The van der Waals surface area contributed by atoms with Crippen LogP contribution in [-0.2, 0) is 22.4 Å². The molecule has 1 saturated heterocycles. The van der Waals surface area contributed by atoms with Gasteiger partial charge >= 0.3 is 0 Å². The summed E-state index contributed by atoms with van der Waals surface area (Å²) in [5, 5.41) is 9.12. The van der Waals surface area contributed by atoms with Crippen LogP contribution in [0.5, 0.6) is 0 Å². The van der Waals surface area contributed by atoms with Crippen molar-refractivity contribution < 1.29 is 14.4 Å². The number of carbonyl (C=O) groups is 3. The lowest BCUT2D eigenvalue weighted by atomic mass is 9.95. The fourth-order valence-electron chi connectivity index (χ4n) is 3.36. The number of carbonyl (C=O) groups excluding carboxylic acids is 3. The van der Waals surface area contributed by atoms with Crippen molar-refractivity contribution in [2.24, 2.45) is 0 Å². The van der Waals surface area contributed by atoms with Gasteiger partial charge in [-0.2, -0.15) is 0 Å². The van der Waals surface area contributed by atoms with E-state index in [1.807, 2.05) is 0 Å². The van der Waals surface area contributed by atoms with E-state index < -0.39 is 6.04 Å². The largest absolute Gasteiger partial charge is 0.354 e. The van der Waals surface area contributed by atoms with Crippen LogP contribution in [0.4, 0.5) is 5.00 Å². The molecule has 0 aromatic carbocycles. The Bertz CT molecular complexity index is 668. The summed E-state index contributed by atoms with van der Waals surface area (Å²) in [5.74, 6) is -0.555. The molecular weight excluding hydrogens is 326 g/mol. The molecule has 1 aromatic rings. The SMILES string of the molecule is CC(=O)Nc1sc2c(c1C(=O)NC1CCCCNC1=O)CCCC2. The highest BCUT2D eigenvalue weighted by Crippen LogP contribution is 2.38. The van der Waals surface area contributed by atoms with Crippen LogP contribution in [0.1, 0.15) is 59.8 Å². The lowest BCUT2D eigenvalue weighted by Crippen LogP contribution is -2.45. The lowest BCUT2D eigenvalue weighted by Gasteiger charge is -2.17. The highest BCUT2D eigenvalue weighted by atomic mass is 32.1. The summed E-state index contributed by atoms with van der Waals surface area (Å²) in [7, 11) is 0. The van der Waals surface area contributed by atoms with E-state index in [9.17, 15) is 14.4 Å². The number of aryl methyl sites for hydroxylation is 1. The Morgan fingerprint density at radius 1 is 1.17 bits per heavy atom. The number of amides is 3. The highest BCUT2D eigenvalue weighted by Gasteiger charge is 2.29. The van der Waals surface area contributed by atoms with Gasteiger partial charge in [-0.15, -0.1) is 11.3 Å². The van der Waals surface area contributed by atoms with Crippen molar-refractivity contribution in [2.75, 3.05) is 11.9 Å². The maximum absolute atomic E-state index is 12.9. The van der Waals surface area contributed by atoms with E-state index in [4.69, 9.17) is 0 Å². The number of hydrogen-bond acceptors (Lipinski definition) is 4. The standard InChI is InChI=1S/C17H23N3O3S/c1-10(21)19-17-14(11-6-2-3-8-13(11)24-17)16(23)20-12-7-4-5-9-18-15(12)22/h12H,2-9H2,1H3,(H,18,22)(H,19,21)(H,20,23). The van der Waals surface area contributed by atoms with Gasteiger partial charge < -0.3 is 16.0 Å². The van der Waals surface area contributed by atoms with Crippen LogP contribution in [0.3, 0.4) is 0 Å². The summed E-state index contributed by atoms with van der Waals surface area (Å²) in [6.45, 7) is 2.11. The van der Waals surface area contributed by atoms with Crippen molar-refractivity contribution in [3.8, 4) is 0 Å². The molecule has 0 saturated carbocycles. The van der Waals surface area contributed by atoms with Gasteiger partial charge in [0.2, 0.25) is 11.8 Å². The Kier molecular flexibility index (Phi) is 5.18. The van der Waals surface area contributed by atoms with Crippen LogP contribution in [0, 0.1) is 0 Å². The Labute approximate surface area is 145 Å². The lowest BCUT2D eigenvalue weighted by molar-refractivity contribution is -0.122. The first-order valence-corrected chi connectivity index (χ1v) is 9.38. The first-order valence-electron chi connectivity index (χ1n) is 8.57. The van der Waals surface area contributed by atoms with E-state index in [-0.39, 0.29) is 17.7 Å². The van der Waals surface area contributed by atoms with E-state index in [0.29, 0.717) is 23.5 Å². The van der Waals surface area contributed by atoms with E-state index in [2.05, 4.69) is 16.0 Å². The maximum atomic E-state index is 12.9.